The number of amides is 1. The van der Waals surface area contributed by atoms with E-state index in [1.807, 2.05) is 6.92 Å². The maximum Gasteiger partial charge on any atom is 0.260 e. The molecule has 0 fully saturated rings. The first kappa shape index (κ1) is 15.8. The van der Waals surface area contributed by atoms with Crippen molar-refractivity contribution in [3.63, 3.8) is 0 Å². The smallest absolute Gasteiger partial charge is 0.260 e. The second-order valence-electron chi connectivity index (χ2n) is 4.60. The van der Waals surface area contributed by atoms with Crippen LogP contribution in [-0.4, -0.2) is 29.8 Å². The molecule has 0 aliphatic rings. The molecular formula is C14H20ClNO3. The van der Waals surface area contributed by atoms with Gasteiger partial charge in [-0.3, -0.25) is 4.79 Å². The molecule has 0 heterocycles. The number of aliphatic hydroxyl groups is 1. The largest absolute Gasteiger partial charge is 0.481 e. The van der Waals surface area contributed by atoms with E-state index in [-0.39, 0.29) is 5.91 Å². The Labute approximate surface area is 118 Å². The number of carbonyl (C=O) groups is 1. The topological polar surface area (TPSA) is 58.6 Å². The number of aliphatic hydroxyl groups excluding tert-OH is 1. The van der Waals surface area contributed by atoms with E-state index in [4.69, 9.17) is 21.4 Å². The molecule has 0 saturated carbocycles. The molecule has 2 atom stereocenters. The lowest BCUT2D eigenvalue weighted by atomic mass is 10.2. The maximum absolute atomic E-state index is 11.8. The van der Waals surface area contributed by atoms with E-state index < -0.39 is 12.2 Å². The number of halogens is 1. The minimum Gasteiger partial charge on any atom is -0.481 e. The van der Waals surface area contributed by atoms with Crippen molar-refractivity contribution in [2.24, 2.45) is 0 Å². The van der Waals surface area contributed by atoms with Gasteiger partial charge in [0.25, 0.3) is 5.91 Å². The molecule has 0 spiro atoms. The Hall–Kier alpha value is -1.26. The van der Waals surface area contributed by atoms with Crippen molar-refractivity contribution in [2.45, 2.75) is 39.4 Å². The van der Waals surface area contributed by atoms with Crippen LogP contribution in [0.5, 0.6) is 5.75 Å². The van der Waals surface area contributed by atoms with Crippen LogP contribution in [0.4, 0.5) is 0 Å². The molecule has 2 N–H and O–H groups in total. The standard InChI is InChI=1S/C14H20ClNO3/c1-9-8-12(15)4-5-13(9)19-11(3)14(18)16-7-6-10(2)17/h4-5,8,10-11,17H,6-7H2,1-3H3,(H,16,18). The Morgan fingerprint density at radius 1 is 1.47 bits per heavy atom. The molecule has 4 nitrogen and oxygen atoms in total. The average Bonchev–Trinajstić information content (AvgIpc) is 2.32. The molecule has 0 radical (unpaired) electrons. The summed E-state index contributed by atoms with van der Waals surface area (Å²) in [5.41, 5.74) is 0.885. The number of aryl methyl sites for hydroxylation is 1. The van der Waals surface area contributed by atoms with Gasteiger partial charge in [0.05, 0.1) is 6.10 Å². The molecule has 0 aliphatic heterocycles. The van der Waals surface area contributed by atoms with Gasteiger partial charge in [0.1, 0.15) is 5.75 Å². The zero-order chi connectivity index (χ0) is 14.4. The Morgan fingerprint density at radius 3 is 2.74 bits per heavy atom. The van der Waals surface area contributed by atoms with Crippen molar-refractivity contribution in [1.82, 2.24) is 5.32 Å². The highest BCUT2D eigenvalue weighted by atomic mass is 35.5. The van der Waals surface area contributed by atoms with Gasteiger partial charge in [-0.25, -0.2) is 0 Å². The number of ether oxygens (including phenoxy) is 1. The molecular weight excluding hydrogens is 266 g/mol. The molecule has 1 amide bonds. The van der Waals surface area contributed by atoms with Gasteiger partial charge in [0.15, 0.2) is 6.10 Å². The molecule has 2 unspecified atom stereocenters. The highest BCUT2D eigenvalue weighted by Gasteiger charge is 2.15. The third kappa shape index (κ3) is 5.49. The van der Waals surface area contributed by atoms with Crippen molar-refractivity contribution in [2.75, 3.05) is 6.54 Å². The quantitative estimate of drug-likeness (QED) is 0.843. The minimum atomic E-state index is -0.589. The van der Waals surface area contributed by atoms with Crippen LogP contribution in [-0.2, 0) is 4.79 Å². The second kappa shape index (κ2) is 7.36. The molecule has 19 heavy (non-hydrogen) atoms. The zero-order valence-electron chi connectivity index (χ0n) is 11.4. The predicted molar refractivity (Wildman–Crippen MR) is 75.6 cm³/mol. The lowest BCUT2D eigenvalue weighted by molar-refractivity contribution is -0.127. The van der Waals surface area contributed by atoms with Crippen LogP contribution in [0.1, 0.15) is 25.8 Å². The number of hydrogen-bond acceptors (Lipinski definition) is 3. The van der Waals surface area contributed by atoms with Gasteiger partial charge in [-0.2, -0.15) is 0 Å². The summed E-state index contributed by atoms with van der Waals surface area (Å²) in [6, 6.07) is 5.26. The van der Waals surface area contributed by atoms with Crippen molar-refractivity contribution in [3.05, 3.63) is 28.8 Å². The van der Waals surface area contributed by atoms with E-state index in [1.54, 1.807) is 32.0 Å². The van der Waals surface area contributed by atoms with Gasteiger partial charge in [0.2, 0.25) is 0 Å². The van der Waals surface area contributed by atoms with Crippen LogP contribution in [0.25, 0.3) is 0 Å². The Kier molecular flexibility index (Phi) is 6.12. The predicted octanol–water partition coefficient (Wildman–Crippen LogP) is 2.30. The number of rotatable bonds is 6. The van der Waals surface area contributed by atoms with Crippen LogP contribution in [0.2, 0.25) is 5.02 Å². The number of hydrogen-bond donors (Lipinski definition) is 2. The van der Waals surface area contributed by atoms with E-state index in [0.29, 0.717) is 23.7 Å². The normalized spacial score (nSPS) is 13.7. The molecule has 0 bridgehead atoms. The van der Waals surface area contributed by atoms with Gasteiger partial charge in [0, 0.05) is 11.6 Å². The van der Waals surface area contributed by atoms with E-state index in [1.165, 1.54) is 0 Å². The monoisotopic (exact) mass is 285 g/mol. The lowest BCUT2D eigenvalue weighted by Crippen LogP contribution is -2.37. The van der Waals surface area contributed by atoms with E-state index in [0.717, 1.165) is 5.56 Å². The van der Waals surface area contributed by atoms with Crippen LogP contribution in [0.3, 0.4) is 0 Å². The first-order valence-electron chi connectivity index (χ1n) is 6.28. The second-order valence-corrected chi connectivity index (χ2v) is 5.04. The van der Waals surface area contributed by atoms with Crippen LogP contribution in [0, 0.1) is 6.92 Å². The highest BCUT2D eigenvalue weighted by Crippen LogP contribution is 2.22. The van der Waals surface area contributed by atoms with Crippen LogP contribution >= 0.6 is 11.6 Å². The Balaban J connectivity index is 2.49. The maximum atomic E-state index is 11.8. The molecule has 1 aromatic rings. The average molecular weight is 286 g/mol. The summed E-state index contributed by atoms with van der Waals surface area (Å²) in [5, 5.41) is 12.5. The van der Waals surface area contributed by atoms with Gasteiger partial charge in [-0.1, -0.05) is 11.6 Å². The third-order valence-corrected chi connectivity index (χ3v) is 2.91. The Bertz CT molecular complexity index is 435. The highest BCUT2D eigenvalue weighted by molar-refractivity contribution is 6.30. The summed E-state index contributed by atoms with van der Waals surface area (Å²) in [6.07, 6.45) is -0.484. The minimum absolute atomic E-state index is 0.199. The van der Waals surface area contributed by atoms with E-state index in [9.17, 15) is 4.79 Å². The fourth-order valence-electron chi connectivity index (χ4n) is 1.54. The lowest BCUT2D eigenvalue weighted by Gasteiger charge is -2.16. The number of benzene rings is 1. The van der Waals surface area contributed by atoms with Crippen LogP contribution in [0.15, 0.2) is 18.2 Å². The van der Waals surface area contributed by atoms with Crippen LogP contribution < -0.4 is 10.1 Å². The summed E-state index contributed by atoms with van der Waals surface area (Å²) in [5.74, 6) is 0.442. The summed E-state index contributed by atoms with van der Waals surface area (Å²) in [6.45, 7) is 5.68. The molecule has 0 aromatic heterocycles. The van der Waals surface area contributed by atoms with Crippen molar-refractivity contribution < 1.29 is 14.6 Å². The fourth-order valence-corrected chi connectivity index (χ4v) is 1.76. The summed E-state index contributed by atoms with van der Waals surface area (Å²) in [4.78, 5) is 11.8. The first-order valence-corrected chi connectivity index (χ1v) is 6.66. The first-order chi connectivity index (χ1) is 8.90. The summed E-state index contributed by atoms with van der Waals surface area (Å²) in [7, 11) is 0. The number of nitrogens with one attached hydrogen (secondary N) is 1. The Morgan fingerprint density at radius 2 is 2.16 bits per heavy atom. The van der Waals surface area contributed by atoms with Crippen molar-refractivity contribution >= 4 is 17.5 Å². The SMILES string of the molecule is Cc1cc(Cl)ccc1OC(C)C(=O)NCCC(C)O. The van der Waals surface area contributed by atoms with Crippen molar-refractivity contribution in [1.29, 1.82) is 0 Å². The molecule has 5 heteroatoms. The van der Waals surface area contributed by atoms with Gasteiger partial charge >= 0.3 is 0 Å². The van der Waals surface area contributed by atoms with Gasteiger partial charge < -0.3 is 15.2 Å². The fraction of sp³-hybridized carbons (Fsp3) is 0.500. The van der Waals surface area contributed by atoms with Gasteiger partial charge in [-0.15, -0.1) is 0 Å². The molecule has 1 aromatic carbocycles. The molecule has 1 rings (SSSR count). The number of carbonyl (C=O) groups excluding carboxylic acids is 1. The zero-order valence-corrected chi connectivity index (χ0v) is 12.2. The summed E-state index contributed by atoms with van der Waals surface area (Å²) >= 11 is 5.86. The third-order valence-electron chi connectivity index (χ3n) is 2.67. The molecule has 106 valence electrons. The van der Waals surface area contributed by atoms with Crippen molar-refractivity contribution in [3.8, 4) is 5.75 Å². The summed E-state index contributed by atoms with van der Waals surface area (Å²) < 4.78 is 5.59. The van der Waals surface area contributed by atoms with E-state index >= 15 is 0 Å². The molecule has 0 saturated heterocycles. The molecule has 0 aliphatic carbocycles. The van der Waals surface area contributed by atoms with Gasteiger partial charge in [-0.05, 0) is 51.0 Å². The van der Waals surface area contributed by atoms with E-state index in [2.05, 4.69) is 5.32 Å².